The molecule has 8 nitrogen and oxygen atoms in total. The van der Waals surface area contributed by atoms with Gasteiger partial charge in [-0.05, 0) is 56.4 Å². The maximum absolute atomic E-state index is 12.0. The molecule has 1 atom stereocenters. The molecule has 0 aliphatic heterocycles. The van der Waals surface area contributed by atoms with Gasteiger partial charge in [0, 0.05) is 19.6 Å². The van der Waals surface area contributed by atoms with Crippen LogP contribution in [0.2, 0.25) is 0 Å². The molecule has 1 aromatic carbocycles. The number of rotatable bonds is 26. The fourth-order valence-corrected chi connectivity index (χ4v) is 4.46. The summed E-state index contributed by atoms with van der Waals surface area (Å²) in [4.78, 5) is 23.9. The minimum absolute atomic E-state index is 0.0253. The molecule has 0 radical (unpaired) electrons. The highest BCUT2D eigenvalue weighted by atomic mass is 16.5. The first-order valence-electron chi connectivity index (χ1n) is 15.9. The average molecular weight is 564 g/mol. The molecule has 40 heavy (non-hydrogen) atoms. The fraction of sp³-hybridized carbons (Fsp3) is 0.750. The van der Waals surface area contributed by atoms with E-state index in [1.165, 1.54) is 51.4 Å². The standard InChI is InChI=1S/C32H57N3O5/c1-3-5-6-11-14-18-29(4-2)39-26-17-24-33-32(38)35-27-34-31(37)19-15-12-9-7-8-10-13-16-25-40-30-22-20-28(36)21-23-30/h20-23,29,36H,3-19,24-27H2,1-2H3,(H,34,37)(H2,33,35,38). The molecule has 3 amide bonds. The van der Waals surface area contributed by atoms with Crippen molar-refractivity contribution >= 4 is 11.9 Å². The number of amides is 3. The number of nitrogens with one attached hydrogen (secondary N) is 3. The predicted octanol–water partition coefficient (Wildman–Crippen LogP) is 7.20. The second-order valence-electron chi connectivity index (χ2n) is 10.6. The number of aromatic hydroxyl groups is 1. The molecule has 0 saturated heterocycles. The molecule has 0 spiro atoms. The summed E-state index contributed by atoms with van der Waals surface area (Å²) in [6, 6.07) is 6.55. The molecule has 0 aliphatic rings. The molecule has 230 valence electrons. The Balaban J connectivity index is 1.85. The molecule has 0 bridgehead atoms. The van der Waals surface area contributed by atoms with E-state index in [0.29, 0.717) is 32.3 Å². The van der Waals surface area contributed by atoms with Gasteiger partial charge in [0.1, 0.15) is 11.5 Å². The lowest BCUT2D eigenvalue weighted by Gasteiger charge is -2.16. The third kappa shape index (κ3) is 21.4. The summed E-state index contributed by atoms with van der Waals surface area (Å²) in [6.45, 7) is 6.45. The van der Waals surface area contributed by atoms with E-state index in [2.05, 4.69) is 29.8 Å². The van der Waals surface area contributed by atoms with Crippen molar-refractivity contribution < 1.29 is 24.2 Å². The van der Waals surface area contributed by atoms with Crippen LogP contribution in [0.15, 0.2) is 24.3 Å². The SMILES string of the molecule is CCCCCCCC(CC)OCCCNC(=O)NCNC(=O)CCCCCCCCCCOc1ccc(O)cc1. The number of carbonyl (C=O) groups excluding carboxylic acids is 2. The first kappa shape index (κ1) is 35.5. The van der Waals surface area contributed by atoms with Crippen molar-refractivity contribution in [3.05, 3.63) is 24.3 Å². The Labute approximate surface area is 243 Å². The van der Waals surface area contributed by atoms with Crippen molar-refractivity contribution in [2.45, 2.75) is 129 Å². The highest BCUT2D eigenvalue weighted by Crippen LogP contribution is 2.17. The maximum Gasteiger partial charge on any atom is 0.316 e. The molecular weight excluding hydrogens is 506 g/mol. The van der Waals surface area contributed by atoms with E-state index >= 15 is 0 Å². The van der Waals surface area contributed by atoms with Crippen LogP contribution >= 0.6 is 0 Å². The van der Waals surface area contributed by atoms with Crippen LogP contribution in [-0.2, 0) is 9.53 Å². The highest BCUT2D eigenvalue weighted by Gasteiger charge is 2.07. The van der Waals surface area contributed by atoms with Crippen LogP contribution in [-0.4, -0.2) is 49.6 Å². The third-order valence-corrected chi connectivity index (χ3v) is 6.98. The molecule has 0 heterocycles. The third-order valence-electron chi connectivity index (χ3n) is 6.98. The summed E-state index contributed by atoms with van der Waals surface area (Å²) in [5.41, 5.74) is 0. The van der Waals surface area contributed by atoms with E-state index in [1.807, 2.05) is 0 Å². The van der Waals surface area contributed by atoms with Crippen molar-refractivity contribution in [3.63, 3.8) is 0 Å². The molecule has 8 heteroatoms. The molecule has 0 aromatic heterocycles. The molecule has 1 rings (SSSR count). The lowest BCUT2D eigenvalue weighted by atomic mass is 10.1. The quantitative estimate of drug-likeness (QED) is 0.0704. The summed E-state index contributed by atoms with van der Waals surface area (Å²) in [5, 5.41) is 17.5. The van der Waals surface area contributed by atoms with Crippen molar-refractivity contribution in [1.82, 2.24) is 16.0 Å². The number of hydrogen-bond donors (Lipinski definition) is 4. The van der Waals surface area contributed by atoms with E-state index in [-0.39, 0.29) is 24.4 Å². The Morgan fingerprint density at radius 1 is 0.750 bits per heavy atom. The monoisotopic (exact) mass is 563 g/mol. The van der Waals surface area contributed by atoms with Gasteiger partial charge < -0.3 is 30.5 Å². The minimum atomic E-state index is -0.268. The Morgan fingerprint density at radius 3 is 2.10 bits per heavy atom. The van der Waals surface area contributed by atoms with Gasteiger partial charge in [-0.3, -0.25) is 4.79 Å². The first-order valence-corrected chi connectivity index (χ1v) is 15.9. The van der Waals surface area contributed by atoms with Gasteiger partial charge in [-0.15, -0.1) is 0 Å². The number of benzene rings is 1. The van der Waals surface area contributed by atoms with Crippen LogP contribution in [0.1, 0.15) is 123 Å². The van der Waals surface area contributed by atoms with Crippen LogP contribution in [0.3, 0.4) is 0 Å². The zero-order valence-electron chi connectivity index (χ0n) is 25.3. The number of carbonyl (C=O) groups is 2. The lowest BCUT2D eigenvalue weighted by Crippen LogP contribution is -2.43. The first-order chi connectivity index (χ1) is 19.5. The van der Waals surface area contributed by atoms with Crippen LogP contribution in [0.25, 0.3) is 0 Å². The zero-order chi connectivity index (χ0) is 29.1. The van der Waals surface area contributed by atoms with Gasteiger partial charge in [0.15, 0.2) is 0 Å². The van der Waals surface area contributed by atoms with E-state index < -0.39 is 0 Å². The number of ether oxygens (including phenoxy) is 2. The second kappa shape index (κ2) is 25.5. The zero-order valence-corrected chi connectivity index (χ0v) is 25.3. The Morgan fingerprint density at radius 2 is 1.40 bits per heavy atom. The van der Waals surface area contributed by atoms with Crippen LogP contribution < -0.4 is 20.7 Å². The van der Waals surface area contributed by atoms with Crippen LogP contribution in [0.5, 0.6) is 11.5 Å². The largest absolute Gasteiger partial charge is 0.508 e. The number of urea groups is 1. The maximum atomic E-state index is 12.0. The molecular formula is C32H57N3O5. The van der Waals surface area contributed by atoms with E-state index in [1.54, 1.807) is 24.3 Å². The Hall–Kier alpha value is -2.48. The summed E-state index contributed by atoms with van der Waals surface area (Å²) >= 11 is 0. The normalized spacial score (nSPS) is 11.7. The van der Waals surface area contributed by atoms with Gasteiger partial charge in [0.25, 0.3) is 0 Å². The molecule has 1 aromatic rings. The Bertz CT molecular complexity index is 745. The van der Waals surface area contributed by atoms with Crippen molar-refractivity contribution in [1.29, 1.82) is 0 Å². The topological polar surface area (TPSA) is 109 Å². The van der Waals surface area contributed by atoms with Gasteiger partial charge >= 0.3 is 6.03 Å². The van der Waals surface area contributed by atoms with Crippen molar-refractivity contribution in [2.24, 2.45) is 0 Å². The summed E-state index contributed by atoms with van der Waals surface area (Å²) in [7, 11) is 0. The smallest absolute Gasteiger partial charge is 0.316 e. The second-order valence-corrected chi connectivity index (χ2v) is 10.6. The number of phenolic OH excluding ortho intramolecular Hbond substituents is 1. The molecule has 0 fully saturated rings. The predicted molar refractivity (Wildman–Crippen MR) is 163 cm³/mol. The summed E-state index contributed by atoms with van der Waals surface area (Å²) in [5.74, 6) is 1.02. The van der Waals surface area contributed by atoms with Gasteiger partial charge in [0.2, 0.25) is 5.91 Å². The van der Waals surface area contributed by atoms with Gasteiger partial charge in [-0.1, -0.05) is 84.5 Å². The fourth-order valence-electron chi connectivity index (χ4n) is 4.46. The van der Waals surface area contributed by atoms with Gasteiger partial charge in [0.05, 0.1) is 19.4 Å². The van der Waals surface area contributed by atoms with Crippen molar-refractivity contribution in [3.8, 4) is 11.5 Å². The summed E-state index contributed by atoms with van der Waals surface area (Å²) in [6.07, 6.45) is 19.0. The number of hydrogen-bond acceptors (Lipinski definition) is 5. The minimum Gasteiger partial charge on any atom is -0.508 e. The van der Waals surface area contributed by atoms with Crippen molar-refractivity contribution in [2.75, 3.05) is 26.4 Å². The number of phenols is 1. The Kier molecular flexibility index (Phi) is 22.6. The van der Waals surface area contributed by atoms with Crippen LogP contribution in [0.4, 0.5) is 4.79 Å². The van der Waals surface area contributed by atoms with Gasteiger partial charge in [-0.25, -0.2) is 4.79 Å². The number of unbranched alkanes of at least 4 members (excludes halogenated alkanes) is 11. The molecule has 0 aliphatic carbocycles. The lowest BCUT2D eigenvalue weighted by molar-refractivity contribution is -0.121. The van der Waals surface area contributed by atoms with E-state index in [4.69, 9.17) is 9.47 Å². The van der Waals surface area contributed by atoms with Crippen LogP contribution in [0, 0.1) is 0 Å². The summed E-state index contributed by atoms with van der Waals surface area (Å²) < 4.78 is 11.6. The molecule has 0 saturated carbocycles. The van der Waals surface area contributed by atoms with E-state index in [0.717, 1.165) is 57.1 Å². The highest BCUT2D eigenvalue weighted by molar-refractivity contribution is 5.77. The molecule has 4 N–H and O–H groups in total. The van der Waals surface area contributed by atoms with Gasteiger partial charge in [-0.2, -0.15) is 0 Å². The molecule has 1 unspecified atom stereocenters. The average Bonchev–Trinajstić information content (AvgIpc) is 2.95. The van der Waals surface area contributed by atoms with E-state index in [9.17, 15) is 14.7 Å².